The van der Waals surface area contributed by atoms with Crippen molar-refractivity contribution in [3.63, 3.8) is 0 Å². The van der Waals surface area contributed by atoms with E-state index in [1.54, 1.807) is 42.9 Å². The van der Waals surface area contributed by atoms with Crippen LogP contribution in [0.4, 0.5) is 20.9 Å². The molecule has 116 valence electrons. The zero-order valence-electron chi connectivity index (χ0n) is 12.2. The number of nitrogens with zero attached hydrogens (tertiary/aromatic N) is 2. The summed E-state index contributed by atoms with van der Waals surface area (Å²) in [6, 6.07) is 8.20. The SMILES string of the molecule is Cc1ccc(NC(=O)c2csc(Nc3cccnc3)n2)cc1F. The molecule has 0 aliphatic heterocycles. The van der Waals surface area contributed by atoms with Crippen LogP contribution in [-0.4, -0.2) is 15.9 Å². The number of thiazole rings is 1. The second-order valence-electron chi connectivity index (χ2n) is 4.82. The Morgan fingerprint density at radius 1 is 1.26 bits per heavy atom. The first-order valence-corrected chi connectivity index (χ1v) is 7.70. The van der Waals surface area contributed by atoms with Gasteiger partial charge in [-0.25, -0.2) is 9.37 Å². The predicted octanol–water partition coefficient (Wildman–Crippen LogP) is 3.98. The smallest absolute Gasteiger partial charge is 0.275 e. The minimum Gasteiger partial charge on any atom is -0.330 e. The van der Waals surface area contributed by atoms with Gasteiger partial charge in [-0.2, -0.15) is 0 Å². The summed E-state index contributed by atoms with van der Waals surface area (Å²) in [5.74, 6) is -0.747. The predicted molar refractivity (Wildman–Crippen MR) is 88.7 cm³/mol. The Morgan fingerprint density at radius 3 is 2.87 bits per heavy atom. The standard InChI is InChI=1S/C16H13FN4OS/c1-10-4-5-11(7-13(10)17)19-15(22)14-9-23-16(21-14)20-12-3-2-6-18-8-12/h2-9H,1H3,(H,19,22)(H,20,21). The number of nitrogens with one attached hydrogen (secondary N) is 2. The van der Waals surface area contributed by atoms with E-state index in [1.165, 1.54) is 17.4 Å². The monoisotopic (exact) mass is 328 g/mol. The van der Waals surface area contributed by atoms with Crippen molar-refractivity contribution in [3.8, 4) is 0 Å². The summed E-state index contributed by atoms with van der Waals surface area (Å²) in [6.45, 7) is 1.66. The molecule has 23 heavy (non-hydrogen) atoms. The molecule has 0 saturated heterocycles. The maximum Gasteiger partial charge on any atom is 0.275 e. The van der Waals surface area contributed by atoms with Gasteiger partial charge in [0.2, 0.25) is 0 Å². The fraction of sp³-hybridized carbons (Fsp3) is 0.0625. The van der Waals surface area contributed by atoms with Crippen molar-refractivity contribution in [2.45, 2.75) is 6.92 Å². The van der Waals surface area contributed by atoms with Gasteiger partial charge >= 0.3 is 0 Å². The van der Waals surface area contributed by atoms with Crippen LogP contribution in [0.25, 0.3) is 0 Å². The minimum absolute atomic E-state index is 0.266. The van der Waals surface area contributed by atoms with Gasteiger partial charge in [-0.15, -0.1) is 11.3 Å². The lowest BCUT2D eigenvalue weighted by Crippen LogP contribution is -2.12. The Morgan fingerprint density at radius 2 is 2.13 bits per heavy atom. The fourth-order valence-electron chi connectivity index (χ4n) is 1.86. The fourth-order valence-corrected chi connectivity index (χ4v) is 2.57. The Labute approximate surface area is 136 Å². The van der Waals surface area contributed by atoms with Crippen LogP contribution in [0.15, 0.2) is 48.1 Å². The summed E-state index contributed by atoms with van der Waals surface area (Å²) in [5.41, 5.74) is 1.98. The van der Waals surface area contributed by atoms with Crippen molar-refractivity contribution >= 4 is 33.8 Å². The molecule has 0 radical (unpaired) electrons. The second-order valence-corrected chi connectivity index (χ2v) is 5.68. The number of anilines is 3. The zero-order chi connectivity index (χ0) is 16.2. The van der Waals surface area contributed by atoms with Gasteiger partial charge in [-0.05, 0) is 36.8 Å². The van der Waals surface area contributed by atoms with Crippen molar-refractivity contribution in [2.24, 2.45) is 0 Å². The number of benzene rings is 1. The highest BCUT2D eigenvalue weighted by atomic mass is 32.1. The molecule has 3 aromatic rings. The van der Waals surface area contributed by atoms with Crippen LogP contribution in [0.3, 0.4) is 0 Å². The number of hydrogen-bond donors (Lipinski definition) is 2. The highest BCUT2D eigenvalue weighted by molar-refractivity contribution is 7.14. The summed E-state index contributed by atoms with van der Waals surface area (Å²) in [7, 11) is 0. The van der Waals surface area contributed by atoms with Crippen molar-refractivity contribution in [2.75, 3.05) is 10.6 Å². The van der Waals surface area contributed by atoms with E-state index in [1.807, 2.05) is 6.07 Å². The Balaban J connectivity index is 1.69. The molecular formula is C16H13FN4OS. The molecule has 0 atom stereocenters. The lowest BCUT2D eigenvalue weighted by molar-refractivity contribution is 0.102. The van der Waals surface area contributed by atoms with E-state index in [4.69, 9.17) is 0 Å². The van der Waals surface area contributed by atoms with E-state index in [9.17, 15) is 9.18 Å². The third kappa shape index (κ3) is 3.70. The van der Waals surface area contributed by atoms with Gasteiger partial charge in [0.1, 0.15) is 11.5 Å². The molecule has 0 aliphatic carbocycles. The number of rotatable bonds is 4. The molecule has 2 aromatic heterocycles. The molecule has 0 fully saturated rings. The quantitative estimate of drug-likeness (QED) is 0.760. The number of pyridine rings is 1. The highest BCUT2D eigenvalue weighted by Crippen LogP contribution is 2.21. The van der Waals surface area contributed by atoms with Crippen LogP contribution in [0.1, 0.15) is 16.1 Å². The average Bonchev–Trinajstić information content (AvgIpc) is 3.00. The maximum absolute atomic E-state index is 13.5. The van der Waals surface area contributed by atoms with E-state index >= 15 is 0 Å². The second kappa shape index (κ2) is 6.53. The van der Waals surface area contributed by atoms with Gasteiger partial charge in [0.15, 0.2) is 5.13 Å². The van der Waals surface area contributed by atoms with Crippen molar-refractivity contribution in [1.29, 1.82) is 0 Å². The molecule has 7 heteroatoms. The van der Waals surface area contributed by atoms with E-state index in [-0.39, 0.29) is 17.4 Å². The summed E-state index contributed by atoms with van der Waals surface area (Å²) in [6.07, 6.45) is 3.34. The van der Waals surface area contributed by atoms with Gasteiger partial charge in [0.05, 0.1) is 11.9 Å². The van der Waals surface area contributed by atoms with E-state index in [0.29, 0.717) is 16.4 Å². The van der Waals surface area contributed by atoms with Gasteiger partial charge in [-0.3, -0.25) is 9.78 Å². The normalized spacial score (nSPS) is 10.3. The van der Waals surface area contributed by atoms with Crippen molar-refractivity contribution in [3.05, 3.63) is 65.2 Å². The van der Waals surface area contributed by atoms with Crippen LogP contribution in [0, 0.1) is 12.7 Å². The first-order chi connectivity index (χ1) is 11.1. The molecule has 2 N–H and O–H groups in total. The number of amides is 1. The minimum atomic E-state index is -0.385. The Bertz CT molecular complexity index is 835. The average molecular weight is 328 g/mol. The Hall–Kier alpha value is -2.80. The summed E-state index contributed by atoms with van der Waals surface area (Å²) in [5, 5.41) is 7.91. The molecule has 0 aliphatic rings. The highest BCUT2D eigenvalue weighted by Gasteiger charge is 2.12. The summed E-state index contributed by atoms with van der Waals surface area (Å²) in [4.78, 5) is 20.4. The zero-order valence-corrected chi connectivity index (χ0v) is 13.0. The maximum atomic E-state index is 13.5. The van der Waals surface area contributed by atoms with Crippen LogP contribution >= 0.6 is 11.3 Å². The van der Waals surface area contributed by atoms with Gasteiger partial charge in [-0.1, -0.05) is 6.07 Å². The van der Waals surface area contributed by atoms with E-state index in [0.717, 1.165) is 5.69 Å². The molecular weight excluding hydrogens is 315 g/mol. The number of carbonyl (C=O) groups is 1. The molecule has 0 bridgehead atoms. The molecule has 0 spiro atoms. The largest absolute Gasteiger partial charge is 0.330 e. The van der Waals surface area contributed by atoms with Crippen LogP contribution in [-0.2, 0) is 0 Å². The summed E-state index contributed by atoms with van der Waals surface area (Å²) < 4.78 is 13.5. The Kier molecular flexibility index (Phi) is 4.29. The number of carbonyl (C=O) groups excluding carboxylic acids is 1. The van der Waals surface area contributed by atoms with Crippen LogP contribution < -0.4 is 10.6 Å². The third-order valence-electron chi connectivity index (χ3n) is 3.08. The van der Waals surface area contributed by atoms with Crippen LogP contribution in [0.2, 0.25) is 0 Å². The first-order valence-electron chi connectivity index (χ1n) is 6.82. The van der Waals surface area contributed by atoms with Crippen molar-refractivity contribution in [1.82, 2.24) is 9.97 Å². The lowest BCUT2D eigenvalue weighted by atomic mass is 10.2. The number of halogens is 1. The number of hydrogen-bond acceptors (Lipinski definition) is 5. The molecule has 1 aromatic carbocycles. The summed E-state index contributed by atoms with van der Waals surface area (Å²) >= 11 is 1.30. The molecule has 0 unspecified atom stereocenters. The van der Waals surface area contributed by atoms with Crippen LogP contribution in [0.5, 0.6) is 0 Å². The van der Waals surface area contributed by atoms with Gasteiger partial charge in [0.25, 0.3) is 5.91 Å². The van der Waals surface area contributed by atoms with E-state index in [2.05, 4.69) is 20.6 Å². The number of aryl methyl sites for hydroxylation is 1. The third-order valence-corrected chi connectivity index (χ3v) is 3.84. The molecule has 0 saturated carbocycles. The number of aromatic nitrogens is 2. The molecule has 3 rings (SSSR count). The molecule has 2 heterocycles. The van der Waals surface area contributed by atoms with Gasteiger partial charge in [0, 0.05) is 17.3 Å². The molecule has 5 nitrogen and oxygen atoms in total. The topological polar surface area (TPSA) is 66.9 Å². The first kappa shape index (κ1) is 15.1. The van der Waals surface area contributed by atoms with Crippen molar-refractivity contribution < 1.29 is 9.18 Å². The lowest BCUT2D eigenvalue weighted by Gasteiger charge is -2.04. The van der Waals surface area contributed by atoms with Gasteiger partial charge < -0.3 is 10.6 Å². The molecule has 1 amide bonds. The van der Waals surface area contributed by atoms with E-state index < -0.39 is 0 Å².